The number of rotatable bonds is 5. The van der Waals surface area contributed by atoms with Crippen LogP contribution in [0.2, 0.25) is 0 Å². The van der Waals surface area contributed by atoms with E-state index in [1.165, 1.54) is 17.3 Å². The zero-order valence-electron chi connectivity index (χ0n) is 14.4. The first-order valence-electron chi connectivity index (χ1n) is 8.50. The number of nitrogens with zero attached hydrogens (tertiary/aromatic N) is 4. The average Bonchev–Trinajstić information content (AvgIpc) is 3.29. The summed E-state index contributed by atoms with van der Waals surface area (Å²) in [6.07, 6.45) is 5.45. The number of aryl methyl sites for hydroxylation is 1. The Balaban J connectivity index is 1.42. The highest BCUT2D eigenvalue weighted by Crippen LogP contribution is 2.37. The fourth-order valence-electron chi connectivity index (χ4n) is 3.03. The van der Waals surface area contributed by atoms with E-state index in [2.05, 4.69) is 26.4 Å². The van der Waals surface area contributed by atoms with Crippen LogP contribution in [0.15, 0.2) is 49.2 Å². The van der Waals surface area contributed by atoms with E-state index >= 15 is 0 Å². The van der Waals surface area contributed by atoms with Gasteiger partial charge in [0.15, 0.2) is 0 Å². The summed E-state index contributed by atoms with van der Waals surface area (Å²) in [5.41, 5.74) is 4.14. The number of para-hydroxylation sites is 1. The number of amides is 1. The molecule has 7 nitrogen and oxygen atoms in total. The van der Waals surface area contributed by atoms with E-state index < -0.39 is 0 Å². The summed E-state index contributed by atoms with van der Waals surface area (Å²) < 4.78 is 7.61. The third-order valence-electron chi connectivity index (χ3n) is 4.32. The van der Waals surface area contributed by atoms with E-state index in [0.29, 0.717) is 6.54 Å². The van der Waals surface area contributed by atoms with Gasteiger partial charge in [0.1, 0.15) is 31.1 Å². The second-order valence-electron chi connectivity index (χ2n) is 6.36. The molecule has 0 aliphatic carbocycles. The van der Waals surface area contributed by atoms with Gasteiger partial charge in [0.25, 0.3) is 0 Å². The molecule has 7 heteroatoms. The van der Waals surface area contributed by atoms with Crippen LogP contribution >= 0.6 is 0 Å². The quantitative estimate of drug-likeness (QED) is 0.759. The Kier molecular flexibility index (Phi) is 4.35. The van der Waals surface area contributed by atoms with Gasteiger partial charge in [-0.25, -0.2) is 9.67 Å². The number of ether oxygens (including phenoxy) is 1. The standard InChI is InChI=1S/C19H19N5O2/c1-13-5-6-17(21-8-13)16-4-2-3-14-7-15(26-19(14)16)9-22-18(25)10-24-12-20-11-23-24/h2-6,8,11-12,15H,7,9-10H2,1H3,(H,22,25)/t15-/m0/s1. The van der Waals surface area contributed by atoms with Gasteiger partial charge in [0, 0.05) is 18.2 Å². The second kappa shape index (κ2) is 6.95. The average molecular weight is 349 g/mol. The largest absolute Gasteiger partial charge is 0.487 e. The van der Waals surface area contributed by atoms with E-state index in [4.69, 9.17) is 4.74 Å². The number of carbonyl (C=O) groups is 1. The van der Waals surface area contributed by atoms with E-state index in [0.717, 1.165) is 34.6 Å². The summed E-state index contributed by atoms with van der Waals surface area (Å²) in [6, 6.07) is 10.1. The van der Waals surface area contributed by atoms with Gasteiger partial charge in [-0.3, -0.25) is 9.78 Å². The van der Waals surface area contributed by atoms with Gasteiger partial charge in [-0.15, -0.1) is 0 Å². The van der Waals surface area contributed by atoms with Gasteiger partial charge in [-0.05, 0) is 30.2 Å². The monoisotopic (exact) mass is 349 g/mol. The van der Waals surface area contributed by atoms with Crippen molar-refractivity contribution in [3.05, 3.63) is 60.3 Å². The second-order valence-corrected chi connectivity index (χ2v) is 6.36. The highest BCUT2D eigenvalue weighted by Gasteiger charge is 2.26. The molecular weight excluding hydrogens is 330 g/mol. The molecule has 1 atom stereocenters. The Morgan fingerprint density at radius 1 is 1.35 bits per heavy atom. The smallest absolute Gasteiger partial charge is 0.241 e. The molecule has 0 radical (unpaired) electrons. The normalized spacial score (nSPS) is 15.3. The maximum absolute atomic E-state index is 12.0. The van der Waals surface area contributed by atoms with E-state index in [1.54, 1.807) is 0 Å². The zero-order chi connectivity index (χ0) is 17.9. The topological polar surface area (TPSA) is 81.9 Å². The molecule has 3 heterocycles. The van der Waals surface area contributed by atoms with Gasteiger partial charge < -0.3 is 10.1 Å². The Bertz CT molecular complexity index is 906. The molecule has 0 saturated heterocycles. The number of carbonyl (C=O) groups excluding carboxylic acids is 1. The van der Waals surface area contributed by atoms with Crippen molar-refractivity contribution in [2.75, 3.05) is 6.54 Å². The summed E-state index contributed by atoms with van der Waals surface area (Å²) in [5.74, 6) is 0.745. The van der Waals surface area contributed by atoms with Crippen LogP contribution in [-0.2, 0) is 17.8 Å². The number of pyridine rings is 1. The van der Waals surface area contributed by atoms with Crippen LogP contribution in [0.25, 0.3) is 11.3 Å². The summed E-state index contributed by atoms with van der Waals surface area (Å²) in [4.78, 5) is 20.3. The Hall–Kier alpha value is -3.22. The molecule has 2 aromatic heterocycles. The zero-order valence-corrected chi connectivity index (χ0v) is 14.4. The summed E-state index contributed by atoms with van der Waals surface area (Å²) >= 11 is 0. The highest BCUT2D eigenvalue weighted by atomic mass is 16.5. The number of aromatic nitrogens is 4. The summed E-state index contributed by atoms with van der Waals surface area (Å²) in [6.45, 7) is 2.61. The van der Waals surface area contributed by atoms with E-state index in [-0.39, 0.29) is 18.6 Å². The first kappa shape index (κ1) is 16.3. The summed E-state index contributed by atoms with van der Waals surface area (Å²) in [7, 11) is 0. The van der Waals surface area contributed by atoms with Crippen LogP contribution in [0.1, 0.15) is 11.1 Å². The highest BCUT2D eigenvalue weighted by molar-refractivity contribution is 5.75. The predicted octanol–water partition coefficient (Wildman–Crippen LogP) is 1.77. The summed E-state index contributed by atoms with van der Waals surface area (Å²) in [5, 5.41) is 6.82. The Morgan fingerprint density at radius 2 is 2.27 bits per heavy atom. The van der Waals surface area contributed by atoms with Crippen LogP contribution in [0.4, 0.5) is 0 Å². The lowest BCUT2D eigenvalue weighted by Crippen LogP contribution is -2.36. The van der Waals surface area contributed by atoms with Gasteiger partial charge in [-0.1, -0.05) is 18.2 Å². The van der Waals surface area contributed by atoms with Crippen molar-refractivity contribution < 1.29 is 9.53 Å². The molecule has 0 bridgehead atoms. The third-order valence-corrected chi connectivity index (χ3v) is 4.32. The molecule has 1 aromatic carbocycles. The fraction of sp³-hybridized carbons (Fsp3) is 0.263. The Labute approximate surface area is 151 Å². The third kappa shape index (κ3) is 3.42. The molecule has 3 aromatic rings. The maximum Gasteiger partial charge on any atom is 0.241 e. The molecule has 1 amide bonds. The minimum atomic E-state index is -0.115. The van der Waals surface area contributed by atoms with Gasteiger partial charge in [0.05, 0.1) is 12.2 Å². The number of fused-ring (bicyclic) bond motifs is 1. The van der Waals surface area contributed by atoms with Gasteiger partial charge in [-0.2, -0.15) is 5.10 Å². The lowest BCUT2D eigenvalue weighted by Gasteiger charge is -2.13. The van der Waals surface area contributed by atoms with Crippen molar-refractivity contribution in [3.63, 3.8) is 0 Å². The molecule has 0 unspecified atom stereocenters. The predicted molar refractivity (Wildman–Crippen MR) is 95.6 cm³/mol. The van der Waals surface area contributed by atoms with E-state index in [1.807, 2.05) is 37.4 Å². The Morgan fingerprint density at radius 3 is 3.04 bits per heavy atom. The molecule has 1 N–H and O–H groups in total. The number of nitrogens with one attached hydrogen (secondary N) is 1. The molecule has 0 saturated carbocycles. The molecule has 1 aliphatic heterocycles. The minimum absolute atomic E-state index is 0.0868. The van der Waals surface area contributed by atoms with Crippen molar-refractivity contribution in [3.8, 4) is 17.0 Å². The minimum Gasteiger partial charge on any atom is -0.487 e. The first-order valence-corrected chi connectivity index (χ1v) is 8.50. The van der Waals surface area contributed by atoms with Crippen LogP contribution in [-0.4, -0.2) is 38.3 Å². The molecular formula is C19H19N5O2. The molecule has 0 spiro atoms. The van der Waals surface area contributed by atoms with Crippen LogP contribution in [0.3, 0.4) is 0 Å². The van der Waals surface area contributed by atoms with Crippen molar-refractivity contribution in [2.45, 2.75) is 26.0 Å². The van der Waals surface area contributed by atoms with Crippen molar-refractivity contribution >= 4 is 5.91 Å². The SMILES string of the molecule is Cc1ccc(-c2cccc3c2O[C@H](CNC(=O)Cn2cncn2)C3)nc1. The number of benzene rings is 1. The molecule has 132 valence electrons. The van der Waals surface area contributed by atoms with E-state index in [9.17, 15) is 4.79 Å². The van der Waals surface area contributed by atoms with Gasteiger partial charge >= 0.3 is 0 Å². The van der Waals surface area contributed by atoms with Crippen molar-refractivity contribution in [2.24, 2.45) is 0 Å². The molecule has 26 heavy (non-hydrogen) atoms. The molecule has 4 rings (SSSR count). The number of hydrogen-bond donors (Lipinski definition) is 1. The van der Waals surface area contributed by atoms with Crippen molar-refractivity contribution in [1.29, 1.82) is 0 Å². The first-order chi connectivity index (χ1) is 12.7. The van der Waals surface area contributed by atoms with Crippen LogP contribution in [0.5, 0.6) is 5.75 Å². The van der Waals surface area contributed by atoms with Gasteiger partial charge in [0.2, 0.25) is 5.91 Å². The van der Waals surface area contributed by atoms with Crippen LogP contribution < -0.4 is 10.1 Å². The van der Waals surface area contributed by atoms with Crippen molar-refractivity contribution in [1.82, 2.24) is 25.1 Å². The lowest BCUT2D eigenvalue weighted by atomic mass is 10.0. The number of hydrogen-bond acceptors (Lipinski definition) is 5. The fourth-order valence-corrected chi connectivity index (χ4v) is 3.03. The molecule has 1 aliphatic rings. The lowest BCUT2D eigenvalue weighted by molar-refractivity contribution is -0.122. The maximum atomic E-state index is 12.0. The molecule has 0 fully saturated rings. The van der Waals surface area contributed by atoms with Crippen LogP contribution in [0, 0.1) is 6.92 Å².